The van der Waals surface area contributed by atoms with Gasteiger partial charge in [0.25, 0.3) is 0 Å². The third-order valence-corrected chi connectivity index (χ3v) is 2.39. The molecule has 84 valence electrons. The average molecular weight is 218 g/mol. The second-order valence-corrected chi connectivity index (χ2v) is 3.59. The van der Waals surface area contributed by atoms with Crippen LogP contribution >= 0.6 is 0 Å². The van der Waals surface area contributed by atoms with E-state index in [0.717, 1.165) is 13.0 Å². The van der Waals surface area contributed by atoms with Gasteiger partial charge in [0.15, 0.2) is 5.82 Å². The molecule has 0 amide bonds. The summed E-state index contributed by atoms with van der Waals surface area (Å²) in [7, 11) is 0. The minimum atomic E-state index is 0.0628. The second kappa shape index (κ2) is 4.22. The molecule has 0 spiro atoms. The van der Waals surface area contributed by atoms with Crippen molar-refractivity contribution in [3.05, 3.63) is 24.5 Å². The zero-order chi connectivity index (χ0) is 11.5. The van der Waals surface area contributed by atoms with Crippen molar-refractivity contribution in [1.29, 1.82) is 0 Å². The Hall–Kier alpha value is -2.04. The van der Waals surface area contributed by atoms with E-state index in [2.05, 4.69) is 17.1 Å². The fraction of sp³-hybridized carbons (Fsp3) is 0.273. The molecular weight excluding hydrogens is 204 g/mol. The van der Waals surface area contributed by atoms with Gasteiger partial charge in [-0.3, -0.25) is 0 Å². The number of aromatic nitrogens is 3. The van der Waals surface area contributed by atoms with Gasteiger partial charge in [-0.2, -0.15) is 0 Å². The molecule has 5 heteroatoms. The molecule has 3 N–H and O–H groups in total. The summed E-state index contributed by atoms with van der Waals surface area (Å²) in [6.45, 7) is 2.89. The maximum atomic E-state index is 9.86. The van der Waals surface area contributed by atoms with Crippen LogP contribution in [-0.4, -0.2) is 19.9 Å². The molecule has 0 saturated heterocycles. The van der Waals surface area contributed by atoms with E-state index in [1.165, 1.54) is 0 Å². The van der Waals surface area contributed by atoms with E-state index >= 15 is 0 Å². The lowest BCUT2D eigenvalue weighted by Gasteiger charge is -2.07. The number of benzene rings is 1. The van der Waals surface area contributed by atoms with Crippen LogP contribution in [-0.2, 0) is 6.54 Å². The number of nitrogens with two attached hydrogens (primary N) is 1. The lowest BCUT2D eigenvalue weighted by molar-refractivity contribution is 0.479. The molecule has 0 atom stereocenters. The normalized spacial score (nSPS) is 10.6. The Morgan fingerprint density at radius 2 is 2.25 bits per heavy atom. The van der Waals surface area contributed by atoms with Gasteiger partial charge in [-0.25, -0.2) is 0 Å². The predicted molar refractivity (Wildman–Crippen MR) is 61.8 cm³/mol. The summed E-state index contributed by atoms with van der Waals surface area (Å²) in [4.78, 5) is 0. The van der Waals surface area contributed by atoms with Crippen molar-refractivity contribution < 1.29 is 5.11 Å². The molecule has 2 aromatic rings. The van der Waals surface area contributed by atoms with Crippen LogP contribution in [0.1, 0.15) is 13.3 Å². The van der Waals surface area contributed by atoms with E-state index in [9.17, 15) is 5.11 Å². The first-order valence-corrected chi connectivity index (χ1v) is 5.19. The highest BCUT2D eigenvalue weighted by Crippen LogP contribution is 2.32. The van der Waals surface area contributed by atoms with Crippen molar-refractivity contribution in [2.45, 2.75) is 19.9 Å². The number of hydrogen-bond acceptors (Lipinski definition) is 4. The summed E-state index contributed by atoms with van der Waals surface area (Å²) < 4.78 is 1.90. The monoisotopic (exact) mass is 218 g/mol. The van der Waals surface area contributed by atoms with Crippen LogP contribution < -0.4 is 5.73 Å². The molecule has 0 aliphatic carbocycles. The van der Waals surface area contributed by atoms with Gasteiger partial charge in [0.2, 0.25) is 0 Å². The van der Waals surface area contributed by atoms with Gasteiger partial charge in [0, 0.05) is 6.54 Å². The summed E-state index contributed by atoms with van der Waals surface area (Å²) in [5.41, 5.74) is 6.61. The summed E-state index contributed by atoms with van der Waals surface area (Å²) in [6.07, 6.45) is 2.63. The number of rotatable bonds is 3. The average Bonchev–Trinajstić information content (AvgIpc) is 2.71. The quantitative estimate of drug-likeness (QED) is 0.606. The van der Waals surface area contributed by atoms with E-state index in [1.54, 1.807) is 24.5 Å². The van der Waals surface area contributed by atoms with Gasteiger partial charge >= 0.3 is 0 Å². The number of aromatic hydroxyl groups is 1. The fourth-order valence-corrected chi connectivity index (χ4v) is 1.61. The minimum absolute atomic E-state index is 0.0628. The zero-order valence-corrected chi connectivity index (χ0v) is 9.09. The minimum Gasteiger partial charge on any atom is -0.505 e. The van der Waals surface area contributed by atoms with Crippen LogP contribution in [0.3, 0.4) is 0 Å². The molecule has 5 nitrogen and oxygen atoms in total. The van der Waals surface area contributed by atoms with Gasteiger partial charge in [0.05, 0.1) is 11.3 Å². The van der Waals surface area contributed by atoms with Gasteiger partial charge in [-0.1, -0.05) is 13.0 Å². The number of para-hydroxylation sites is 1. The van der Waals surface area contributed by atoms with Crippen LogP contribution in [0, 0.1) is 0 Å². The molecule has 0 bridgehead atoms. The Bertz CT molecular complexity index is 492. The molecule has 0 aliphatic rings. The first kappa shape index (κ1) is 10.5. The summed E-state index contributed by atoms with van der Waals surface area (Å²) in [6, 6.07) is 5.22. The summed E-state index contributed by atoms with van der Waals surface area (Å²) in [5.74, 6) is 0.708. The molecule has 0 saturated carbocycles. The molecule has 16 heavy (non-hydrogen) atoms. The highest BCUT2D eigenvalue weighted by atomic mass is 16.3. The second-order valence-electron chi connectivity index (χ2n) is 3.59. The number of nitrogens with zero attached hydrogens (tertiary/aromatic N) is 3. The van der Waals surface area contributed by atoms with Crippen molar-refractivity contribution in [2.75, 3.05) is 5.73 Å². The van der Waals surface area contributed by atoms with Crippen LogP contribution in [0.25, 0.3) is 11.4 Å². The van der Waals surface area contributed by atoms with Gasteiger partial charge in [-0.15, -0.1) is 10.2 Å². The smallest absolute Gasteiger partial charge is 0.167 e. The van der Waals surface area contributed by atoms with E-state index < -0.39 is 0 Å². The Labute approximate surface area is 93.5 Å². The van der Waals surface area contributed by atoms with Crippen molar-refractivity contribution in [1.82, 2.24) is 14.8 Å². The van der Waals surface area contributed by atoms with E-state index in [0.29, 0.717) is 17.1 Å². The largest absolute Gasteiger partial charge is 0.505 e. The van der Waals surface area contributed by atoms with Gasteiger partial charge in [-0.05, 0) is 18.6 Å². The lowest BCUT2D eigenvalue weighted by atomic mass is 10.1. The van der Waals surface area contributed by atoms with E-state index in [-0.39, 0.29) is 5.75 Å². The van der Waals surface area contributed by atoms with Crippen LogP contribution in [0.4, 0.5) is 5.69 Å². The molecule has 0 radical (unpaired) electrons. The summed E-state index contributed by atoms with van der Waals surface area (Å²) >= 11 is 0. The number of phenolic OH excluding ortho intramolecular Hbond substituents is 1. The van der Waals surface area contributed by atoms with Crippen molar-refractivity contribution in [3.63, 3.8) is 0 Å². The van der Waals surface area contributed by atoms with Crippen molar-refractivity contribution in [3.8, 4) is 17.1 Å². The van der Waals surface area contributed by atoms with Gasteiger partial charge in [0.1, 0.15) is 12.1 Å². The molecule has 1 aromatic heterocycles. The highest BCUT2D eigenvalue weighted by Gasteiger charge is 2.12. The maximum Gasteiger partial charge on any atom is 0.167 e. The fourth-order valence-electron chi connectivity index (χ4n) is 1.61. The Balaban J connectivity index is 2.50. The molecule has 2 rings (SSSR count). The Morgan fingerprint density at radius 3 is 3.00 bits per heavy atom. The predicted octanol–water partition coefficient (Wildman–Crippen LogP) is 1.64. The summed E-state index contributed by atoms with van der Waals surface area (Å²) in [5, 5.41) is 17.7. The first-order valence-electron chi connectivity index (χ1n) is 5.19. The van der Waals surface area contributed by atoms with E-state index in [1.807, 2.05) is 4.57 Å². The molecule has 1 heterocycles. The number of hydrogen-bond donors (Lipinski definition) is 2. The third-order valence-electron chi connectivity index (χ3n) is 2.39. The maximum absolute atomic E-state index is 9.86. The van der Waals surface area contributed by atoms with Crippen molar-refractivity contribution in [2.24, 2.45) is 0 Å². The number of aryl methyl sites for hydroxylation is 1. The lowest BCUT2D eigenvalue weighted by Crippen LogP contribution is -1.99. The molecule has 0 aliphatic heterocycles. The van der Waals surface area contributed by atoms with Crippen LogP contribution in [0.2, 0.25) is 0 Å². The van der Waals surface area contributed by atoms with Gasteiger partial charge < -0.3 is 15.4 Å². The Morgan fingerprint density at radius 1 is 1.44 bits per heavy atom. The SMILES string of the molecule is CCCn1cnnc1-c1cccc(N)c1O. The van der Waals surface area contributed by atoms with Crippen LogP contribution in [0.15, 0.2) is 24.5 Å². The number of phenols is 1. The standard InChI is InChI=1S/C11H14N4O/c1-2-6-15-7-13-14-11(15)8-4-3-5-9(12)10(8)16/h3-5,7,16H,2,6,12H2,1H3. The topological polar surface area (TPSA) is 77.0 Å². The van der Waals surface area contributed by atoms with Crippen molar-refractivity contribution >= 4 is 5.69 Å². The number of anilines is 1. The molecule has 0 fully saturated rings. The molecule has 1 aromatic carbocycles. The Kier molecular flexibility index (Phi) is 2.76. The third kappa shape index (κ3) is 1.71. The first-order chi connectivity index (χ1) is 7.74. The zero-order valence-electron chi connectivity index (χ0n) is 9.09. The molecular formula is C11H14N4O. The van der Waals surface area contributed by atoms with E-state index in [4.69, 9.17) is 5.73 Å². The highest BCUT2D eigenvalue weighted by molar-refractivity contribution is 5.72. The number of nitrogen functional groups attached to an aromatic ring is 1. The van der Waals surface area contributed by atoms with Crippen LogP contribution in [0.5, 0.6) is 5.75 Å². The molecule has 0 unspecified atom stereocenters.